The smallest absolute Gasteiger partial charge is 0.329 e. The minimum absolute atomic E-state index is 0.104. The Morgan fingerprint density at radius 2 is 1.89 bits per heavy atom. The fraction of sp³-hybridized carbons (Fsp3) is 0.500. The molecule has 0 fully saturated rings. The van der Waals surface area contributed by atoms with E-state index in [2.05, 4.69) is 15.3 Å². The molecule has 0 saturated carbocycles. The van der Waals surface area contributed by atoms with Gasteiger partial charge in [0.25, 0.3) is 5.56 Å². The number of carbonyl (C=O) groups is 2. The highest BCUT2D eigenvalue weighted by Gasteiger charge is 2.29. The number of hydrogen-bond acceptors (Lipinski definition) is 5. The zero-order chi connectivity index (χ0) is 20.2. The van der Waals surface area contributed by atoms with E-state index in [9.17, 15) is 14.4 Å². The maximum atomic E-state index is 12.3. The Balaban J connectivity index is 2.02. The number of fused-ring (bicyclic) bond motifs is 1. The molecule has 7 nitrogen and oxygen atoms in total. The van der Waals surface area contributed by atoms with E-state index in [4.69, 9.17) is 4.74 Å². The zero-order valence-corrected chi connectivity index (χ0v) is 16.5. The van der Waals surface area contributed by atoms with Crippen LogP contribution >= 0.6 is 0 Å². The van der Waals surface area contributed by atoms with Crippen molar-refractivity contribution >= 4 is 22.8 Å². The molecule has 0 saturated heterocycles. The van der Waals surface area contributed by atoms with Crippen LogP contribution in [0.2, 0.25) is 0 Å². The summed E-state index contributed by atoms with van der Waals surface area (Å²) < 4.78 is 5.38. The van der Waals surface area contributed by atoms with Crippen LogP contribution in [0.25, 0.3) is 10.9 Å². The Bertz CT molecular complexity index is 881. The molecule has 0 spiro atoms. The maximum Gasteiger partial charge on any atom is 0.329 e. The summed E-state index contributed by atoms with van der Waals surface area (Å²) in [5.41, 5.74) is -0.265. The molecule has 1 atom stereocenters. The van der Waals surface area contributed by atoms with Crippen molar-refractivity contribution in [1.29, 1.82) is 0 Å². The van der Waals surface area contributed by atoms with Crippen molar-refractivity contribution in [1.82, 2.24) is 15.3 Å². The topological polar surface area (TPSA) is 101 Å². The molecular weight excluding hydrogens is 346 g/mol. The standard InChI is InChI=1S/C20H27N3O4/c1-12(2)17(19(26)27-20(3,4)5)23-16(24)11-10-15-21-14-9-7-6-8-13(14)18(25)22-15/h6-9,12,17H,10-11H2,1-5H3,(H,23,24)(H,21,22,25)/t17-/m1/s1. The van der Waals surface area contributed by atoms with Crippen LogP contribution in [0.1, 0.15) is 46.9 Å². The first-order chi connectivity index (χ1) is 12.6. The first-order valence-electron chi connectivity index (χ1n) is 9.07. The van der Waals surface area contributed by atoms with E-state index in [1.165, 1.54) is 0 Å². The number of aromatic amines is 1. The predicted octanol–water partition coefficient (Wildman–Crippen LogP) is 2.34. The molecule has 2 aromatic rings. The Morgan fingerprint density at radius 3 is 2.52 bits per heavy atom. The van der Waals surface area contributed by atoms with E-state index in [1.807, 2.05) is 13.8 Å². The number of H-pyrrole nitrogens is 1. The number of carbonyl (C=O) groups excluding carboxylic acids is 2. The van der Waals surface area contributed by atoms with E-state index in [0.29, 0.717) is 16.7 Å². The second-order valence-corrected chi connectivity index (χ2v) is 7.85. The quantitative estimate of drug-likeness (QED) is 0.757. The Labute approximate surface area is 158 Å². The second-order valence-electron chi connectivity index (χ2n) is 7.85. The highest BCUT2D eigenvalue weighted by atomic mass is 16.6. The van der Waals surface area contributed by atoms with Gasteiger partial charge in [-0.1, -0.05) is 26.0 Å². The van der Waals surface area contributed by atoms with E-state index < -0.39 is 17.6 Å². The summed E-state index contributed by atoms with van der Waals surface area (Å²) in [6.45, 7) is 9.04. The van der Waals surface area contributed by atoms with E-state index >= 15 is 0 Å². The fourth-order valence-corrected chi connectivity index (χ4v) is 2.59. The molecule has 2 rings (SSSR count). The maximum absolute atomic E-state index is 12.3. The molecular formula is C20H27N3O4. The molecule has 1 heterocycles. The minimum atomic E-state index is -0.722. The molecule has 0 aliphatic rings. The number of para-hydroxylation sites is 1. The van der Waals surface area contributed by atoms with Crippen LogP contribution < -0.4 is 10.9 Å². The van der Waals surface area contributed by atoms with Crippen molar-refractivity contribution < 1.29 is 14.3 Å². The van der Waals surface area contributed by atoms with Gasteiger partial charge in [0.2, 0.25) is 5.91 Å². The van der Waals surface area contributed by atoms with Crippen LogP contribution in [-0.2, 0) is 20.7 Å². The molecule has 0 bridgehead atoms. The zero-order valence-electron chi connectivity index (χ0n) is 16.5. The summed E-state index contributed by atoms with van der Waals surface area (Å²) in [6.07, 6.45) is 0.373. The average Bonchev–Trinajstić information content (AvgIpc) is 2.56. The first kappa shape index (κ1) is 20.6. The molecule has 2 N–H and O–H groups in total. The van der Waals surface area contributed by atoms with Gasteiger partial charge in [-0.15, -0.1) is 0 Å². The summed E-state index contributed by atoms with van der Waals surface area (Å²) in [6, 6.07) is 6.31. The number of benzene rings is 1. The number of rotatable bonds is 6. The van der Waals surface area contributed by atoms with Crippen LogP contribution in [0.4, 0.5) is 0 Å². The summed E-state index contributed by atoms with van der Waals surface area (Å²) in [7, 11) is 0. The normalized spacial score (nSPS) is 12.8. The number of aromatic nitrogens is 2. The summed E-state index contributed by atoms with van der Waals surface area (Å²) in [4.78, 5) is 43.8. The van der Waals surface area contributed by atoms with Gasteiger partial charge in [-0.3, -0.25) is 9.59 Å². The Kier molecular flexibility index (Phi) is 6.36. The molecule has 27 heavy (non-hydrogen) atoms. The number of amides is 1. The summed E-state index contributed by atoms with van der Waals surface area (Å²) >= 11 is 0. The van der Waals surface area contributed by atoms with Gasteiger partial charge in [-0.25, -0.2) is 9.78 Å². The highest BCUT2D eigenvalue weighted by Crippen LogP contribution is 2.13. The van der Waals surface area contributed by atoms with Gasteiger partial charge in [-0.05, 0) is 38.8 Å². The van der Waals surface area contributed by atoms with Crippen molar-refractivity contribution in [3.05, 3.63) is 40.4 Å². The molecule has 0 radical (unpaired) electrons. The largest absolute Gasteiger partial charge is 0.458 e. The van der Waals surface area contributed by atoms with Gasteiger partial charge < -0.3 is 15.0 Å². The SMILES string of the molecule is CC(C)[C@@H](NC(=O)CCc1nc2ccccc2c(=O)[nH]1)C(=O)OC(C)(C)C. The monoisotopic (exact) mass is 373 g/mol. The van der Waals surface area contributed by atoms with Gasteiger partial charge in [0.1, 0.15) is 17.5 Å². The molecule has 0 unspecified atom stereocenters. The highest BCUT2D eigenvalue weighted by molar-refractivity contribution is 5.85. The van der Waals surface area contributed by atoms with Crippen molar-refractivity contribution in [2.24, 2.45) is 5.92 Å². The predicted molar refractivity (Wildman–Crippen MR) is 103 cm³/mol. The van der Waals surface area contributed by atoms with E-state index in [0.717, 1.165) is 0 Å². The lowest BCUT2D eigenvalue weighted by Gasteiger charge is -2.26. The van der Waals surface area contributed by atoms with Crippen LogP contribution in [0.5, 0.6) is 0 Å². The van der Waals surface area contributed by atoms with Crippen molar-refractivity contribution in [3.63, 3.8) is 0 Å². The van der Waals surface area contributed by atoms with E-state index in [1.54, 1.807) is 45.0 Å². The van der Waals surface area contributed by atoms with Crippen LogP contribution in [0.3, 0.4) is 0 Å². The van der Waals surface area contributed by atoms with Crippen molar-refractivity contribution in [2.75, 3.05) is 0 Å². The molecule has 146 valence electrons. The minimum Gasteiger partial charge on any atom is -0.458 e. The molecule has 0 aliphatic carbocycles. The van der Waals surface area contributed by atoms with Crippen molar-refractivity contribution in [3.8, 4) is 0 Å². The molecule has 1 amide bonds. The lowest BCUT2D eigenvalue weighted by atomic mass is 10.0. The van der Waals surface area contributed by atoms with Gasteiger partial charge in [0.15, 0.2) is 0 Å². The lowest BCUT2D eigenvalue weighted by molar-refractivity contribution is -0.160. The van der Waals surface area contributed by atoms with Gasteiger partial charge in [0, 0.05) is 12.8 Å². The summed E-state index contributed by atoms with van der Waals surface area (Å²) in [5, 5.41) is 3.24. The third-order valence-electron chi connectivity index (χ3n) is 3.89. The Hall–Kier alpha value is -2.70. The summed E-state index contributed by atoms with van der Waals surface area (Å²) in [5.74, 6) is -0.423. The number of nitrogens with one attached hydrogen (secondary N) is 2. The molecule has 1 aromatic heterocycles. The van der Waals surface area contributed by atoms with E-state index in [-0.39, 0.29) is 30.2 Å². The first-order valence-corrected chi connectivity index (χ1v) is 9.07. The third-order valence-corrected chi connectivity index (χ3v) is 3.89. The molecule has 7 heteroatoms. The number of nitrogens with zero attached hydrogens (tertiary/aromatic N) is 1. The third kappa shape index (κ3) is 5.91. The molecule has 1 aromatic carbocycles. The number of ether oxygens (including phenoxy) is 1. The fourth-order valence-electron chi connectivity index (χ4n) is 2.59. The van der Waals surface area contributed by atoms with Crippen LogP contribution in [0, 0.1) is 5.92 Å². The van der Waals surface area contributed by atoms with Crippen LogP contribution in [0.15, 0.2) is 29.1 Å². The second kappa shape index (κ2) is 8.33. The van der Waals surface area contributed by atoms with Crippen molar-refractivity contribution in [2.45, 2.75) is 59.1 Å². The van der Waals surface area contributed by atoms with Crippen LogP contribution in [-0.4, -0.2) is 33.5 Å². The van der Waals surface area contributed by atoms with Gasteiger partial charge in [0.05, 0.1) is 10.9 Å². The Morgan fingerprint density at radius 1 is 1.22 bits per heavy atom. The van der Waals surface area contributed by atoms with Gasteiger partial charge in [-0.2, -0.15) is 0 Å². The number of hydrogen-bond donors (Lipinski definition) is 2. The van der Waals surface area contributed by atoms with Gasteiger partial charge >= 0.3 is 5.97 Å². The lowest BCUT2D eigenvalue weighted by Crippen LogP contribution is -2.47. The molecule has 0 aliphatic heterocycles. The number of aryl methyl sites for hydroxylation is 1. The average molecular weight is 373 g/mol. The number of esters is 1.